The number of hydrogen-bond donors (Lipinski definition) is 2. The number of anilines is 1. The molecule has 2 aromatic carbocycles. The van der Waals surface area contributed by atoms with Crippen molar-refractivity contribution < 1.29 is 12.8 Å². The summed E-state index contributed by atoms with van der Waals surface area (Å²) in [6.07, 6.45) is 3.93. The highest BCUT2D eigenvalue weighted by atomic mass is 35.5. The normalized spacial score (nSPS) is 14.2. The van der Waals surface area contributed by atoms with Crippen LogP contribution in [0.3, 0.4) is 0 Å². The van der Waals surface area contributed by atoms with Gasteiger partial charge in [0.1, 0.15) is 10.7 Å². The van der Waals surface area contributed by atoms with Crippen LogP contribution in [0.4, 0.5) is 10.1 Å². The highest BCUT2D eigenvalue weighted by Gasteiger charge is 2.28. The third-order valence-corrected chi connectivity index (χ3v) is 6.51. The minimum atomic E-state index is -4.13. The molecule has 0 radical (unpaired) electrons. The summed E-state index contributed by atoms with van der Waals surface area (Å²) in [5.74, 6) is 0.0758. The van der Waals surface area contributed by atoms with Gasteiger partial charge in [-0.25, -0.2) is 22.8 Å². The second-order valence-corrected chi connectivity index (χ2v) is 9.18. The molecule has 7 nitrogen and oxygen atoms in total. The first-order valence-electron chi connectivity index (χ1n) is 9.20. The standard InChI is InChI=1S/C20H15ClFN5O2S/c21-13-5-8-16(22)17(9-13)30(28,29)27-14-6-3-12(4-7-14)19-24-18(11-1-2-11)15-10-23-26-20(15)25-19/h3-11,27H,1-2H2,(H,23,24,25,26). The monoisotopic (exact) mass is 443 g/mol. The molecule has 5 rings (SSSR count). The lowest BCUT2D eigenvalue weighted by Crippen LogP contribution is -2.14. The van der Waals surface area contributed by atoms with Crippen molar-refractivity contribution in [2.24, 2.45) is 0 Å². The van der Waals surface area contributed by atoms with Gasteiger partial charge in [-0.15, -0.1) is 0 Å². The zero-order valence-corrected chi connectivity index (χ0v) is 17.0. The van der Waals surface area contributed by atoms with E-state index in [0.717, 1.165) is 41.6 Å². The number of sulfonamides is 1. The van der Waals surface area contributed by atoms with E-state index in [4.69, 9.17) is 16.6 Å². The highest BCUT2D eigenvalue weighted by molar-refractivity contribution is 7.92. The van der Waals surface area contributed by atoms with Gasteiger partial charge in [-0.1, -0.05) is 11.6 Å². The number of nitrogens with zero attached hydrogens (tertiary/aromatic N) is 3. The number of H-pyrrole nitrogens is 1. The van der Waals surface area contributed by atoms with Crippen molar-refractivity contribution in [3.05, 3.63) is 65.2 Å². The number of benzene rings is 2. The van der Waals surface area contributed by atoms with Crippen LogP contribution in [0, 0.1) is 5.82 Å². The molecule has 30 heavy (non-hydrogen) atoms. The lowest BCUT2D eigenvalue weighted by atomic mass is 10.1. The van der Waals surface area contributed by atoms with Crippen molar-refractivity contribution in [3.8, 4) is 11.4 Å². The Bertz CT molecular complexity index is 1370. The first-order valence-corrected chi connectivity index (χ1v) is 11.1. The maximum Gasteiger partial charge on any atom is 0.264 e. The van der Waals surface area contributed by atoms with Gasteiger partial charge in [-0.3, -0.25) is 9.82 Å². The molecule has 1 aliphatic carbocycles. The number of fused-ring (bicyclic) bond motifs is 1. The Labute approximate surface area is 176 Å². The van der Waals surface area contributed by atoms with Crippen molar-refractivity contribution in [3.63, 3.8) is 0 Å². The lowest BCUT2D eigenvalue weighted by Gasteiger charge is -2.10. The SMILES string of the molecule is O=S(=O)(Nc1ccc(-c2nc(C3CC3)c3cn[nH]c3n2)cc1)c1cc(Cl)ccc1F. The summed E-state index contributed by atoms with van der Waals surface area (Å²) >= 11 is 5.81. The Hall–Kier alpha value is -3.04. The third-order valence-electron chi connectivity index (χ3n) is 4.88. The van der Waals surface area contributed by atoms with Gasteiger partial charge in [-0.05, 0) is 55.3 Å². The van der Waals surface area contributed by atoms with Crippen molar-refractivity contribution in [1.29, 1.82) is 0 Å². The molecule has 0 aliphatic heterocycles. The Morgan fingerprint density at radius 3 is 2.60 bits per heavy atom. The molecular weight excluding hydrogens is 429 g/mol. The lowest BCUT2D eigenvalue weighted by molar-refractivity contribution is 0.570. The van der Waals surface area contributed by atoms with Crippen molar-refractivity contribution in [2.45, 2.75) is 23.7 Å². The molecule has 0 atom stereocenters. The van der Waals surface area contributed by atoms with Gasteiger partial charge in [0, 0.05) is 22.2 Å². The number of halogens is 2. The van der Waals surface area contributed by atoms with Crippen LogP contribution in [0.15, 0.2) is 53.6 Å². The fourth-order valence-corrected chi connectivity index (χ4v) is 4.63. The minimum absolute atomic E-state index is 0.130. The molecule has 0 saturated heterocycles. The molecule has 2 N–H and O–H groups in total. The van der Waals surface area contributed by atoms with Crippen LogP contribution in [0.2, 0.25) is 5.02 Å². The van der Waals surface area contributed by atoms with Gasteiger partial charge in [-0.2, -0.15) is 5.10 Å². The van der Waals surface area contributed by atoms with Crippen LogP contribution in [-0.2, 0) is 10.0 Å². The molecule has 1 fully saturated rings. The van der Waals surface area contributed by atoms with E-state index in [0.29, 0.717) is 17.4 Å². The van der Waals surface area contributed by atoms with Crippen LogP contribution in [0.5, 0.6) is 0 Å². The van der Waals surface area contributed by atoms with Gasteiger partial charge in [0.2, 0.25) is 0 Å². The molecule has 1 aliphatic rings. The van der Waals surface area contributed by atoms with E-state index in [9.17, 15) is 12.8 Å². The van der Waals surface area contributed by atoms with Gasteiger partial charge in [0.15, 0.2) is 11.5 Å². The summed E-state index contributed by atoms with van der Waals surface area (Å²) in [7, 11) is -4.13. The Morgan fingerprint density at radius 1 is 1.10 bits per heavy atom. The van der Waals surface area contributed by atoms with Crippen LogP contribution in [0.25, 0.3) is 22.4 Å². The molecule has 2 heterocycles. The van der Waals surface area contributed by atoms with Crippen molar-refractivity contribution >= 4 is 38.3 Å². The largest absolute Gasteiger partial charge is 0.280 e. The molecule has 0 amide bonds. The second kappa shape index (κ2) is 7.03. The van der Waals surface area contributed by atoms with Crippen molar-refractivity contribution in [2.75, 3.05) is 4.72 Å². The Morgan fingerprint density at radius 2 is 1.87 bits per heavy atom. The molecular formula is C20H15ClFN5O2S. The van der Waals surface area contributed by atoms with Crippen LogP contribution >= 0.6 is 11.6 Å². The maximum atomic E-state index is 14.0. The summed E-state index contributed by atoms with van der Waals surface area (Å²) in [6, 6.07) is 9.94. The van der Waals surface area contributed by atoms with E-state index in [2.05, 4.69) is 19.9 Å². The van der Waals surface area contributed by atoms with Gasteiger partial charge in [0.25, 0.3) is 10.0 Å². The molecule has 152 valence electrons. The number of aromatic nitrogens is 4. The van der Waals surface area contributed by atoms with E-state index in [-0.39, 0.29) is 10.7 Å². The van der Waals surface area contributed by atoms with E-state index >= 15 is 0 Å². The first-order chi connectivity index (χ1) is 14.4. The summed E-state index contributed by atoms with van der Waals surface area (Å²) in [5, 5.41) is 8.00. The molecule has 0 unspecified atom stereocenters. The molecule has 0 bridgehead atoms. The average Bonchev–Trinajstić information content (AvgIpc) is 3.46. The fraction of sp³-hybridized carbons (Fsp3) is 0.150. The van der Waals surface area contributed by atoms with Gasteiger partial charge >= 0.3 is 0 Å². The predicted octanol–water partition coefficient (Wildman–Crippen LogP) is 4.49. The number of nitrogens with one attached hydrogen (secondary N) is 2. The second-order valence-electron chi connectivity index (χ2n) is 7.10. The molecule has 2 aromatic heterocycles. The van der Waals surface area contributed by atoms with Crippen LogP contribution in [0.1, 0.15) is 24.5 Å². The average molecular weight is 444 g/mol. The Balaban J connectivity index is 1.45. The number of aromatic amines is 1. The summed E-state index contributed by atoms with van der Waals surface area (Å²) in [6.45, 7) is 0. The van der Waals surface area contributed by atoms with Gasteiger partial charge in [0.05, 0.1) is 17.3 Å². The minimum Gasteiger partial charge on any atom is -0.280 e. The topological polar surface area (TPSA) is 101 Å². The number of rotatable bonds is 5. The smallest absolute Gasteiger partial charge is 0.264 e. The van der Waals surface area contributed by atoms with Crippen molar-refractivity contribution in [1.82, 2.24) is 20.2 Å². The molecule has 1 saturated carbocycles. The zero-order valence-electron chi connectivity index (χ0n) is 15.4. The molecule has 4 aromatic rings. The summed E-state index contributed by atoms with van der Waals surface area (Å²) < 4.78 is 41.4. The van der Waals surface area contributed by atoms with E-state index < -0.39 is 20.7 Å². The van der Waals surface area contributed by atoms with Crippen LogP contribution < -0.4 is 4.72 Å². The molecule has 0 spiro atoms. The van der Waals surface area contributed by atoms with E-state index in [1.165, 1.54) is 6.07 Å². The summed E-state index contributed by atoms with van der Waals surface area (Å²) in [5.41, 5.74) is 2.65. The predicted molar refractivity (Wildman–Crippen MR) is 111 cm³/mol. The van der Waals surface area contributed by atoms with Gasteiger partial charge < -0.3 is 0 Å². The zero-order chi connectivity index (χ0) is 20.9. The first kappa shape index (κ1) is 19.0. The van der Waals surface area contributed by atoms with E-state index in [1.807, 2.05) is 0 Å². The van der Waals surface area contributed by atoms with E-state index in [1.54, 1.807) is 30.5 Å². The van der Waals surface area contributed by atoms with Crippen LogP contribution in [-0.4, -0.2) is 28.6 Å². The number of hydrogen-bond acceptors (Lipinski definition) is 5. The molecule has 10 heteroatoms. The third kappa shape index (κ3) is 3.50. The maximum absolute atomic E-state index is 14.0. The Kier molecular flexibility index (Phi) is 4.44. The highest BCUT2D eigenvalue weighted by Crippen LogP contribution is 2.42. The fourth-order valence-electron chi connectivity index (χ4n) is 3.23. The summed E-state index contributed by atoms with van der Waals surface area (Å²) in [4.78, 5) is 8.71. The quantitative estimate of drug-likeness (QED) is 0.473.